The molecule has 1 unspecified atom stereocenters. The van der Waals surface area contributed by atoms with Gasteiger partial charge in [0.2, 0.25) is 5.91 Å². The Kier molecular flexibility index (Phi) is 5.39. The second-order valence-electron chi connectivity index (χ2n) is 6.50. The summed E-state index contributed by atoms with van der Waals surface area (Å²) in [6, 6.07) is 21.8. The summed E-state index contributed by atoms with van der Waals surface area (Å²) in [5.74, 6) is 1.35. The number of carbonyl (C=O) groups is 1. The van der Waals surface area contributed by atoms with E-state index in [1.165, 1.54) is 17.3 Å². The first-order valence-corrected chi connectivity index (χ1v) is 9.85. The van der Waals surface area contributed by atoms with Gasteiger partial charge in [0.25, 0.3) is 0 Å². The van der Waals surface area contributed by atoms with Gasteiger partial charge in [-0.25, -0.2) is 0 Å². The van der Waals surface area contributed by atoms with E-state index < -0.39 is 0 Å². The van der Waals surface area contributed by atoms with Gasteiger partial charge >= 0.3 is 0 Å². The fraction of sp³-hybridized carbons (Fsp3) is 0.136. The smallest absolute Gasteiger partial charge is 0.239 e. The zero-order valence-corrected chi connectivity index (χ0v) is 16.1. The number of carbonyl (C=O) groups excluding carboxylic acids is 1. The van der Waals surface area contributed by atoms with Gasteiger partial charge in [0, 0.05) is 5.56 Å². The van der Waals surface area contributed by atoms with Crippen LogP contribution in [0.15, 0.2) is 81.4 Å². The standard InChI is InChI=1S/C22H19N3O2S/c1-15-7-9-17(10-8-15)19-12-11-18(27-19)14-23-25-22-24-21(26)20(28-22)13-16-5-3-2-4-6-16/h2-12,14,20H,13H2,1H3,(H,24,25,26). The van der Waals surface area contributed by atoms with Crippen molar-refractivity contribution in [1.82, 2.24) is 5.32 Å². The van der Waals surface area contributed by atoms with E-state index in [0.29, 0.717) is 17.3 Å². The SMILES string of the molecule is Cc1ccc(-c2ccc(C=NN=C3NC(=O)C(Cc4ccccc4)S3)o2)cc1. The Hall–Kier alpha value is -3.12. The number of nitrogens with zero attached hydrogens (tertiary/aromatic N) is 2. The van der Waals surface area contributed by atoms with Crippen LogP contribution in [0.3, 0.4) is 0 Å². The van der Waals surface area contributed by atoms with Gasteiger partial charge in [-0.15, -0.1) is 5.10 Å². The molecule has 0 aliphatic carbocycles. The molecule has 4 rings (SSSR count). The molecular formula is C22H19N3O2S. The highest BCUT2D eigenvalue weighted by Gasteiger charge is 2.30. The molecule has 1 atom stereocenters. The molecule has 0 radical (unpaired) electrons. The average molecular weight is 389 g/mol. The molecular weight excluding hydrogens is 370 g/mol. The maximum Gasteiger partial charge on any atom is 0.239 e. The molecule has 6 heteroatoms. The molecule has 2 aromatic carbocycles. The lowest BCUT2D eigenvalue weighted by atomic mass is 10.1. The van der Waals surface area contributed by atoms with E-state index in [4.69, 9.17) is 4.42 Å². The molecule has 1 aromatic heterocycles. The van der Waals surface area contributed by atoms with E-state index in [2.05, 4.69) is 15.5 Å². The summed E-state index contributed by atoms with van der Waals surface area (Å²) < 4.78 is 5.78. The van der Waals surface area contributed by atoms with Crippen LogP contribution in [0, 0.1) is 6.92 Å². The first-order chi connectivity index (χ1) is 13.7. The number of furan rings is 1. The van der Waals surface area contributed by atoms with Crippen LogP contribution in [-0.4, -0.2) is 22.5 Å². The number of aryl methyl sites for hydroxylation is 1. The molecule has 0 saturated carbocycles. The van der Waals surface area contributed by atoms with E-state index in [9.17, 15) is 4.79 Å². The van der Waals surface area contributed by atoms with E-state index in [-0.39, 0.29) is 11.2 Å². The quantitative estimate of drug-likeness (QED) is 0.519. The Morgan fingerprint density at radius 3 is 2.64 bits per heavy atom. The lowest BCUT2D eigenvalue weighted by Crippen LogP contribution is -2.25. The van der Waals surface area contributed by atoms with Crippen molar-refractivity contribution in [3.05, 3.63) is 83.6 Å². The van der Waals surface area contributed by atoms with Crippen molar-refractivity contribution in [3.8, 4) is 11.3 Å². The molecule has 0 spiro atoms. The molecule has 0 bridgehead atoms. The van der Waals surface area contributed by atoms with E-state index in [0.717, 1.165) is 16.9 Å². The molecule has 3 aromatic rings. The molecule has 5 nitrogen and oxygen atoms in total. The summed E-state index contributed by atoms with van der Waals surface area (Å²) in [4.78, 5) is 12.1. The maximum absolute atomic E-state index is 12.1. The highest BCUT2D eigenvalue weighted by atomic mass is 32.2. The van der Waals surface area contributed by atoms with Crippen LogP contribution < -0.4 is 5.32 Å². The van der Waals surface area contributed by atoms with E-state index in [1.807, 2.05) is 73.7 Å². The summed E-state index contributed by atoms with van der Waals surface area (Å²) in [5.41, 5.74) is 3.34. The molecule has 1 aliphatic heterocycles. The van der Waals surface area contributed by atoms with Crippen LogP contribution in [0.1, 0.15) is 16.9 Å². The number of rotatable bonds is 5. The van der Waals surface area contributed by atoms with Crippen LogP contribution >= 0.6 is 11.8 Å². The second-order valence-corrected chi connectivity index (χ2v) is 7.69. The minimum absolute atomic E-state index is 0.0394. The number of nitrogens with one attached hydrogen (secondary N) is 1. The number of hydrogen-bond acceptors (Lipinski definition) is 5. The van der Waals surface area contributed by atoms with Crippen molar-refractivity contribution >= 4 is 29.1 Å². The van der Waals surface area contributed by atoms with E-state index >= 15 is 0 Å². The van der Waals surface area contributed by atoms with Crippen molar-refractivity contribution in [1.29, 1.82) is 0 Å². The molecule has 1 fully saturated rings. The van der Waals surface area contributed by atoms with Crippen LogP contribution in [-0.2, 0) is 11.2 Å². The second kappa shape index (κ2) is 8.27. The number of benzene rings is 2. The van der Waals surface area contributed by atoms with Crippen LogP contribution in [0.4, 0.5) is 0 Å². The van der Waals surface area contributed by atoms with Crippen molar-refractivity contribution in [2.75, 3.05) is 0 Å². The first kappa shape index (κ1) is 18.3. The van der Waals surface area contributed by atoms with Crippen LogP contribution in [0.5, 0.6) is 0 Å². The zero-order chi connectivity index (χ0) is 19.3. The van der Waals surface area contributed by atoms with Gasteiger partial charge in [-0.05, 0) is 31.0 Å². The van der Waals surface area contributed by atoms with Gasteiger partial charge in [0.1, 0.15) is 11.5 Å². The zero-order valence-electron chi connectivity index (χ0n) is 15.3. The molecule has 1 aliphatic rings. The molecule has 2 heterocycles. The molecule has 1 saturated heterocycles. The van der Waals surface area contributed by atoms with Crippen molar-refractivity contribution < 1.29 is 9.21 Å². The Morgan fingerprint density at radius 2 is 1.86 bits per heavy atom. The summed E-state index contributed by atoms with van der Waals surface area (Å²) >= 11 is 1.40. The highest BCUT2D eigenvalue weighted by molar-refractivity contribution is 8.15. The number of amidine groups is 1. The largest absolute Gasteiger partial charge is 0.455 e. The Bertz CT molecular complexity index is 1020. The summed E-state index contributed by atoms with van der Waals surface area (Å²) in [6.45, 7) is 2.05. The first-order valence-electron chi connectivity index (χ1n) is 8.97. The average Bonchev–Trinajstić information content (AvgIpc) is 3.30. The molecule has 1 N–H and O–H groups in total. The fourth-order valence-corrected chi connectivity index (χ4v) is 3.81. The lowest BCUT2D eigenvalue weighted by Gasteiger charge is -2.04. The number of amides is 1. The molecule has 28 heavy (non-hydrogen) atoms. The number of thioether (sulfide) groups is 1. The summed E-state index contributed by atoms with van der Waals surface area (Å²) in [6.07, 6.45) is 2.21. The number of hydrogen-bond donors (Lipinski definition) is 1. The Balaban J connectivity index is 1.38. The van der Waals surface area contributed by atoms with Crippen LogP contribution in [0.2, 0.25) is 0 Å². The van der Waals surface area contributed by atoms with Gasteiger partial charge in [0.05, 0.1) is 11.5 Å². The lowest BCUT2D eigenvalue weighted by molar-refractivity contribution is -0.118. The normalized spacial score (nSPS) is 18.1. The molecule has 1 amide bonds. The van der Waals surface area contributed by atoms with Crippen molar-refractivity contribution in [3.63, 3.8) is 0 Å². The van der Waals surface area contributed by atoms with Gasteiger partial charge in [-0.2, -0.15) is 5.10 Å². The van der Waals surface area contributed by atoms with Gasteiger partial charge in [0.15, 0.2) is 5.17 Å². The third-order valence-electron chi connectivity index (χ3n) is 4.34. The predicted molar refractivity (Wildman–Crippen MR) is 114 cm³/mol. The maximum atomic E-state index is 12.1. The van der Waals surface area contributed by atoms with Crippen LogP contribution in [0.25, 0.3) is 11.3 Å². The van der Waals surface area contributed by atoms with E-state index in [1.54, 1.807) is 6.21 Å². The third kappa shape index (κ3) is 4.40. The minimum atomic E-state index is -0.187. The fourth-order valence-electron chi connectivity index (χ4n) is 2.85. The predicted octanol–water partition coefficient (Wildman–Crippen LogP) is 4.42. The van der Waals surface area contributed by atoms with Crippen molar-refractivity contribution in [2.45, 2.75) is 18.6 Å². The van der Waals surface area contributed by atoms with Gasteiger partial charge in [-0.1, -0.05) is 71.9 Å². The Labute approximate surface area is 167 Å². The summed E-state index contributed by atoms with van der Waals surface area (Å²) in [5, 5.41) is 11.3. The minimum Gasteiger partial charge on any atom is -0.455 e. The molecule has 140 valence electrons. The third-order valence-corrected chi connectivity index (χ3v) is 5.41. The highest BCUT2D eigenvalue weighted by Crippen LogP contribution is 2.24. The monoisotopic (exact) mass is 389 g/mol. The van der Waals surface area contributed by atoms with Gasteiger partial charge in [-0.3, -0.25) is 4.79 Å². The Morgan fingerprint density at radius 1 is 1.07 bits per heavy atom. The van der Waals surface area contributed by atoms with Gasteiger partial charge < -0.3 is 9.73 Å². The van der Waals surface area contributed by atoms with Crippen molar-refractivity contribution in [2.24, 2.45) is 10.2 Å². The summed E-state index contributed by atoms with van der Waals surface area (Å²) in [7, 11) is 0. The topological polar surface area (TPSA) is 67.0 Å².